The third kappa shape index (κ3) is 5.22. The number of carbonyl (C=O) groups excluding carboxylic acids is 1. The molecule has 1 amide bonds. The molecule has 0 bridgehead atoms. The van der Waals surface area contributed by atoms with Crippen molar-refractivity contribution >= 4 is 50.3 Å². The largest absolute Gasteiger partial charge is 0.290 e. The van der Waals surface area contributed by atoms with E-state index in [1.807, 2.05) is 56.4 Å². The first-order chi connectivity index (χ1) is 18.1. The Balaban J connectivity index is 1.58. The Hall–Kier alpha value is -2.79. The number of rotatable bonds is 6. The van der Waals surface area contributed by atoms with E-state index < -0.39 is 10.0 Å². The van der Waals surface area contributed by atoms with Gasteiger partial charge < -0.3 is 0 Å². The summed E-state index contributed by atoms with van der Waals surface area (Å²) in [5, 5.41) is 4.83. The van der Waals surface area contributed by atoms with Crippen LogP contribution in [0.5, 0.6) is 0 Å². The Bertz CT molecular complexity index is 1510. The first-order valence-corrected chi connectivity index (χ1v) is 15.3. The van der Waals surface area contributed by atoms with Gasteiger partial charge in [-0.3, -0.25) is 9.69 Å². The Morgan fingerprint density at radius 3 is 2.45 bits per heavy atom. The van der Waals surface area contributed by atoms with E-state index in [1.165, 1.54) is 11.8 Å². The Kier molecular flexibility index (Phi) is 7.59. The Morgan fingerprint density at radius 2 is 1.79 bits per heavy atom. The maximum atomic E-state index is 13.5. The molecule has 38 heavy (non-hydrogen) atoms. The highest BCUT2D eigenvalue weighted by molar-refractivity contribution is 8.26. The van der Waals surface area contributed by atoms with Gasteiger partial charge in [0.1, 0.15) is 10.0 Å². The van der Waals surface area contributed by atoms with Crippen molar-refractivity contribution in [3.63, 3.8) is 0 Å². The highest BCUT2D eigenvalue weighted by Crippen LogP contribution is 2.36. The van der Waals surface area contributed by atoms with Crippen LogP contribution in [0.3, 0.4) is 0 Å². The first-order valence-electron chi connectivity index (χ1n) is 12.7. The summed E-state index contributed by atoms with van der Waals surface area (Å²) >= 11 is 6.73. The molecular formula is C28H30N4O3S3. The van der Waals surface area contributed by atoms with Crippen LogP contribution in [0.15, 0.2) is 70.6 Å². The van der Waals surface area contributed by atoms with E-state index in [0.717, 1.165) is 18.5 Å². The predicted octanol–water partition coefficient (Wildman–Crippen LogP) is 5.57. The fourth-order valence-corrected chi connectivity index (χ4v) is 7.71. The molecule has 2 aliphatic rings. The molecule has 0 unspecified atom stereocenters. The van der Waals surface area contributed by atoms with Gasteiger partial charge in [-0.25, -0.2) is 13.1 Å². The number of aromatic nitrogens is 2. The van der Waals surface area contributed by atoms with Crippen molar-refractivity contribution in [3.8, 4) is 16.9 Å². The lowest BCUT2D eigenvalue weighted by molar-refractivity contribution is -0.123. The molecule has 3 aromatic rings. The number of thioether (sulfide) groups is 1. The van der Waals surface area contributed by atoms with Crippen molar-refractivity contribution in [2.75, 3.05) is 13.1 Å². The highest BCUT2D eigenvalue weighted by Gasteiger charge is 2.34. The second-order valence-corrected chi connectivity index (χ2v) is 13.6. The molecule has 0 atom stereocenters. The van der Waals surface area contributed by atoms with Crippen LogP contribution in [-0.4, -0.2) is 56.8 Å². The molecule has 0 spiro atoms. The molecule has 10 heteroatoms. The third-order valence-electron chi connectivity index (χ3n) is 6.88. The lowest BCUT2D eigenvalue weighted by Gasteiger charge is -2.29. The number of para-hydroxylation sites is 1. The van der Waals surface area contributed by atoms with E-state index in [9.17, 15) is 13.2 Å². The van der Waals surface area contributed by atoms with Crippen LogP contribution >= 0.6 is 24.0 Å². The van der Waals surface area contributed by atoms with Gasteiger partial charge in [0.05, 0.1) is 15.5 Å². The maximum absolute atomic E-state index is 13.5. The SMILES string of the molecule is CC1CCN(S(=O)(=O)c2cccc(-c3nn(-c4ccccc4)cc3/C=C3\SC(=S)N(C(C)C)C3=O)c2)CC1. The van der Waals surface area contributed by atoms with Crippen LogP contribution in [0, 0.1) is 5.92 Å². The summed E-state index contributed by atoms with van der Waals surface area (Å²) in [7, 11) is -3.63. The fraction of sp³-hybridized carbons (Fsp3) is 0.321. The number of hydrogen-bond donors (Lipinski definition) is 0. The van der Waals surface area contributed by atoms with Crippen molar-refractivity contribution in [1.82, 2.24) is 19.0 Å². The highest BCUT2D eigenvalue weighted by atomic mass is 32.2. The van der Waals surface area contributed by atoms with Crippen LogP contribution in [0.25, 0.3) is 23.0 Å². The van der Waals surface area contributed by atoms with Gasteiger partial charge in [-0.15, -0.1) is 0 Å². The van der Waals surface area contributed by atoms with Crippen molar-refractivity contribution in [2.45, 2.75) is 44.6 Å². The quantitative estimate of drug-likeness (QED) is 0.287. The molecule has 198 valence electrons. The minimum atomic E-state index is -3.63. The second kappa shape index (κ2) is 10.8. The zero-order valence-electron chi connectivity index (χ0n) is 21.6. The molecule has 0 saturated carbocycles. The standard InChI is InChI=1S/C28H30N4O3S3/c1-19(2)32-27(33)25(37-28(32)36)17-22-18-31(23-9-5-4-6-10-23)29-26(22)21-8-7-11-24(16-21)38(34,35)30-14-12-20(3)13-15-30/h4-11,16-20H,12-15H2,1-3H3/b25-17-. The van der Waals surface area contributed by atoms with Gasteiger partial charge in [0.2, 0.25) is 10.0 Å². The molecule has 5 rings (SSSR count). The van der Waals surface area contributed by atoms with Crippen molar-refractivity contribution < 1.29 is 13.2 Å². The normalized spacial score (nSPS) is 18.7. The number of benzene rings is 2. The molecule has 2 saturated heterocycles. The number of nitrogens with zero attached hydrogens (tertiary/aromatic N) is 4. The Morgan fingerprint density at radius 1 is 1.08 bits per heavy atom. The molecule has 0 aliphatic carbocycles. The summed E-state index contributed by atoms with van der Waals surface area (Å²) in [6.45, 7) is 7.08. The van der Waals surface area contributed by atoms with E-state index in [1.54, 1.807) is 38.2 Å². The minimum absolute atomic E-state index is 0.0421. The van der Waals surface area contributed by atoms with Crippen LogP contribution in [-0.2, 0) is 14.8 Å². The van der Waals surface area contributed by atoms with Crippen LogP contribution < -0.4 is 0 Å². The van der Waals surface area contributed by atoms with Gasteiger partial charge in [0.25, 0.3) is 5.91 Å². The van der Waals surface area contributed by atoms with Crippen molar-refractivity contribution in [3.05, 3.63) is 71.3 Å². The summed E-state index contributed by atoms with van der Waals surface area (Å²) in [6, 6.07) is 16.5. The number of thiocarbonyl (C=S) groups is 1. The molecular weight excluding hydrogens is 537 g/mol. The smallest absolute Gasteiger partial charge is 0.266 e. The van der Waals surface area contributed by atoms with Gasteiger partial charge >= 0.3 is 0 Å². The van der Waals surface area contributed by atoms with Crippen LogP contribution in [0.1, 0.15) is 39.2 Å². The number of piperidine rings is 1. The molecule has 2 aliphatic heterocycles. The van der Waals surface area contributed by atoms with Crippen molar-refractivity contribution in [1.29, 1.82) is 0 Å². The van der Waals surface area contributed by atoms with Gasteiger partial charge in [-0.2, -0.15) is 9.40 Å². The van der Waals surface area contributed by atoms with E-state index in [4.69, 9.17) is 17.3 Å². The number of carbonyl (C=O) groups is 1. The summed E-state index contributed by atoms with van der Waals surface area (Å²) in [6.07, 6.45) is 5.38. The number of amides is 1. The zero-order chi connectivity index (χ0) is 27.0. The molecule has 0 radical (unpaired) electrons. The average molecular weight is 567 g/mol. The van der Waals surface area contributed by atoms with E-state index >= 15 is 0 Å². The zero-order valence-corrected chi connectivity index (χ0v) is 24.0. The maximum Gasteiger partial charge on any atom is 0.266 e. The van der Waals surface area contributed by atoms with Crippen LogP contribution in [0.4, 0.5) is 0 Å². The monoisotopic (exact) mass is 566 g/mol. The van der Waals surface area contributed by atoms with Gasteiger partial charge in [0, 0.05) is 36.5 Å². The summed E-state index contributed by atoms with van der Waals surface area (Å²) < 4.78 is 30.8. The molecule has 0 N–H and O–H groups in total. The molecule has 1 aromatic heterocycles. The fourth-order valence-electron chi connectivity index (χ4n) is 4.67. The van der Waals surface area contributed by atoms with Crippen LogP contribution in [0.2, 0.25) is 0 Å². The summed E-state index contributed by atoms with van der Waals surface area (Å²) in [5.41, 5.74) is 2.82. The number of hydrogen-bond acceptors (Lipinski definition) is 6. The lowest BCUT2D eigenvalue weighted by Crippen LogP contribution is -2.37. The Labute approximate surface area is 233 Å². The summed E-state index contributed by atoms with van der Waals surface area (Å²) in [5.74, 6) is 0.394. The molecule has 2 fully saturated rings. The summed E-state index contributed by atoms with van der Waals surface area (Å²) in [4.78, 5) is 15.5. The molecule has 7 nitrogen and oxygen atoms in total. The third-order valence-corrected chi connectivity index (χ3v) is 10.1. The minimum Gasteiger partial charge on any atom is -0.290 e. The van der Waals surface area contributed by atoms with Crippen molar-refractivity contribution in [2.24, 2.45) is 5.92 Å². The van der Waals surface area contributed by atoms with Gasteiger partial charge in [-0.1, -0.05) is 61.2 Å². The average Bonchev–Trinajstić information content (AvgIpc) is 3.45. The second-order valence-electron chi connectivity index (χ2n) is 9.97. The van der Waals surface area contributed by atoms with E-state index in [2.05, 4.69) is 6.92 Å². The topological polar surface area (TPSA) is 75.5 Å². The van der Waals surface area contributed by atoms with Gasteiger partial charge in [-0.05, 0) is 62.9 Å². The van der Waals surface area contributed by atoms with E-state index in [-0.39, 0.29) is 16.8 Å². The lowest BCUT2D eigenvalue weighted by atomic mass is 10.0. The van der Waals surface area contributed by atoms with Gasteiger partial charge in [0.15, 0.2) is 0 Å². The molecule has 2 aromatic carbocycles. The predicted molar refractivity (Wildman–Crippen MR) is 156 cm³/mol. The molecule has 3 heterocycles. The first kappa shape index (κ1) is 26.8. The number of sulfonamides is 1. The van der Waals surface area contributed by atoms with E-state index in [0.29, 0.717) is 45.1 Å².